The first-order valence-electron chi connectivity index (χ1n) is 4.62. The standard InChI is InChI=1S/C11H18/c1-3-7-11-9-6-5-8-10(11)4-2/h3-4,10-11H,1-2,5-9H2/t10-,11+/m1/s1. The highest BCUT2D eigenvalue weighted by Crippen LogP contribution is 2.32. The molecule has 0 unspecified atom stereocenters. The van der Waals surface area contributed by atoms with Gasteiger partial charge in [0.15, 0.2) is 0 Å². The van der Waals surface area contributed by atoms with Gasteiger partial charge < -0.3 is 0 Å². The molecule has 1 saturated carbocycles. The molecule has 0 nitrogen and oxygen atoms in total. The van der Waals surface area contributed by atoms with Gasteiger partial charge in [-0.2, -0.15) is 0 Å². The van der Waals surface area contributed by atoms with Crippen LogP contribution in [0, 0.1) is 11.8 Å². The monoisotopic (exact) mass is 150 g/mol. The summed E-state index contributed by atoms with van der Waals surface area (Å²) in [5.74, 6) is 1.61. The maximum Gasteiger partial charge on any atom is -0.0205 e. The fraction of sp³-hybridized carbons (Fsp3) is 0.636. The van der Waals surface area contributed by atoms with Crippen molar-refractivity contribution in [2.24, 2.45) is 11.8 Å². The van der Waals surface area contributed by atoms with Crippen LogP contribution in [0.1, 0.15) is 32.1 Å². The Morgan fingerprint density at radius 2 is 1.91 bits per heavy atom. The van der Waals surface area contributed by atoms with Gasteiger partial charge in [0.2, 0.25) is 0 Å². The molecule has 0 aromatic carbocycles. The fourth-order valence-corrected chi connectivity index (χ4v) is 2.05. The maximum atomic E-state index is 3.88. The lowest BCUT2D eigenvalue weighted by atomic mass is 9.78. The Balaban J connectivity index is 2.43. The molecule has 2 atom stereocenters. The van der Waals surface area contributed by atoms with Crippen LogP contribution >= 0.6 is 0 Å². The summed E-state index contributed by atoms with van der Waals surface area (Å²) in [6.07, 6.45) is 10.9. The second-order valence-electron chi connectivity index (χ2n) is 3.47. The Kier molecular flexibility index (Phi) is 3.41. The molecule has 0 saturated heterocycles. The van der Waals surface area contributed by atoms with Crippen molar-refractivity contribution in [3.63, 3.8) is 0 Å². The van der Waals surface area contributed by atoms with Gasteiger partial charge in [-0.05, 0) is 31.1 Å². The van der Waals surface area contributed by atoms with E-state index in [4.69, 9.17) is 0 Å². The molecule has 0 spiro atoms. The topological polar surface area (TPSA) is 0 Å². The molecule has 0 radical (unpaired) electrons. The lowest BCUT2D eigenvalue weighted by Gasteiger charge is -2.28. The minimum atomic E-state index is 0.766. The fourth-order valence-electron chi connectivity index (χ4n) is 2.05. The van der Waals surface area contributed by atoms with Crippen molar-refractivity contribution in [1.82, 2.24) is 0 Å². The lowest BCUT2D eigenvalue weighted by Crippen LogP contribution is -2.16. The molecule has 1 fully saturated rings. The number of allylic oxidation sites excluding steroid dienone is 2. The van der Waals surface area contributed by atoms with Crippen LogP contribution in [0.3, 0.4) is 0 Å². The Morgan fingerprint density at radius 1 is 1.18 bits per heavy atom. The first-order chi connectivity index (χ1) is 5.38. The summed E-state index contributed by atoms with van der Waals surface area (Å²) < 4.78 is 0. The molecule has 1 aliphatic carbocycles. The number of rotatable bonds is 3. The molecular weight excluding hydrogens is 132 g/mol. The minimum Gasteiger partial charge on any atom is -0.103 e. The molecular formula is C11H18. The number of hydrogen-bond donors (Lipinski definition) is 0. The van der Waals surface area contributed by atoms with Gasteiger partial charge in [0, 0.05) is 0 Å². The molecule has 0 aromatic rings. The zero-order chi connectivity index (χ0) is 8.10. The number of hydrogen-bond acceptors (Lipinski definition) is 0. The van der Waals surface area contributed by atoms with E-state index in [1.165, 1.54) is 32.1 Å². The molecule has 0 bridgehead atoms. The second kappa shape index (κ2) is 4.38. The van der Waals surface area contributed by atoms with Gasteiger partial charge in [0.1, 0.15) is 0 Å². The van der Waals surface area contributed by atoms with Crippen LogP contribution in [0.4, 0.5) is 0 Å². The summed E-state index contributed by atoms with van der Waals surface area (Å²) in [4.78, 5) is 0. The summed E-state index contributed by atoms with van der Waals surface area (Å²) in [6.45, 7) is 7.67. The first-order valence-corrected chi connectivity index (χ1v) is 4.62. The predicted octanol–water partition coefficient (Wildman–Crippen LogP) is 3.55. The highest BCUT2D eigenvalue weighted by atomic mass is 14.3. The molecule has 62 valence electrons. The van der Waals surface area contributed by atoms with Crippen molar-refractivity contribution in [1.29, 1.82) is 0 Å². The van der Waals surface area contributed by atoms with Crippen molar-refractivity contribution < 1.29 is 0 Å². The van der Waals surface area contributed by atoms with E-state index >= 15 is 0 Å². The van der Waals surface area contributed by atoms with E-state index in [-0.39, 0.29) is 0 Å². The Hall–Kier alpha value is -0.520. The van der Waals surface area contributed by atoms with Crippen LogP contribution in [-0.4, -0.2) is 0 Å². The Morgan fingerprint density at radius 3 is 2.55 bits per heavy atom. The molecule has 0 amide bonds. The molecule has 1 rings (SSSR count). The predicted molar refractivity (Wildman–Crippen MR) is 50.5 cm³/mol. The summed E-state index contributed by atoms with van der Waals surface area (Å²) >= 11 is 0. The molecule has 0 heterocycles. The van der Waals surface area contributed by atoms with Gasteiger partial charge in [0.05, 0.1) is 0 Å². The van der Waals surface area contributed by atoms with E-state index in [0.717, 1.165) is 11.8 Å². The van der Waals surface area contributed by atoms with Crippen molar-refractivity contribution in [3.8, 4) is 0 Å². The smallest absolute Gasteiger partial charge is 0.0205 e. The molecule has 11 heavy (non-hydrogen) atoms. The van der Waals surface area contributed by atoms with Gasteiger partial charge in [-0.15, -0.1) is 13.2 Å². The van der Waals surface area contributed by atoms with Gasteiger partial charge in [-0.25, -0.2) is 0 Å². The van der Waals surface area contributed by atoms with Crippen molar-refractivity contribution in [2.75, 3.05) is 0 Å². The molecule has 0 aliphatic heterocycles. The summed E-state index contributed by atoms with van der Waals surface area (Å²) in [6, 6.07) is 0. The quantitative estimate of drug-likeness (QED) is 0.540. The molecule has 0 heteroatoms. The first kappa shape index (κ1) is 8.58. The van der Waals surface area contributed by atoms with Gasteiger partial charge >= 0.3 is 0 Å². The van der Waals surface area contributed by atoms with E-state index < -0.39 is 0 Å². The third kappa shape index (κ3) is 2.21. The summed E-state index contributed by atoms with van der Waals surface area (Å²) in [5.41, 5.74) is 0. The van der Waals surface area contributed by atoms with Crippen molar-refractivity contribution >= 4 is 0 Å². The van der Waals surface area contributed by atoms with Gasteiger partial charge in [-0.3, -0.25) is 0 Å². The van der Waals surface area contributed by atoms with Crippen LogP contribution in [0.5, 0.6) is 0 Å². The van der Waals surface area contributed by atoms with Gasteiger partial charge in [0.25, 0.3) is 0 Å². The van der Waals surface area contributed by atoms with E-state index in [1.54, 1.807) is 0 Å². The van der Waals surface area contributed by atoms with E-state index in [0.29, 0.717) is 0 Å². The van der Waals surface area contributed by atoms with E-state index in [9.17, 15) is 0 Å². The highest BCUT2D eigenvalue weighted by Gasteiger charge is 2.20. The highest BCUT2D eigenvalue weighted by molar-refractivity contribution is 4.90. The Bertz CT molecular complexity index is 135. The molecule has 0 N–H and O–H groups in total. The summed E-state index contributed by atoms with van der Waals surface area (Å²) in [5, 5.41) is 0. The largest absolute Gasteiger partial charge is 0.103 e. The SMILES string of the molecule is C=CC[C@H]1CCCC[C@H]1C=C. The van der Waals surface area contributed by atoms with Crippen LogP contribution in [-0.2, 0) is 0 Å². The molecule has 1 aliphatic rings. The minimum absolute atomic E-state index is 0.766. The van der Waals surface area contributed by atoms with Crippen LogP contribution in [0.2, 0.25) is 0 Å². The summed E-state index contributed by atoms with van der Waals surface area (Å²) in [7, 11) is 0. The second-order valence-corrected chi connectivity index (χ2v) is 3.47. The third-order valence-corrected chi connectivity index (χ3v) is 2.74. The maximum absolute atomic E-state index is 3.88. The average Bonchev–Trinajstić information content (AvgIpc) is 2.06. The van der Waals surface area contributed by atoms with E-state index in [2.05, 4.69) is 19.2 Å². The van der Waals surface area contributed by atoms with Crippen LogP contribution in [0.25, 0.3) is 0 Å². The van der Waals surface area contributed by atoms with E-state index in [1.807, 2.05) is 6.08 Å². The lowest BCUT2D eigenvalue weighted by molar-refractivity contribution is 0.287. The van der Waals surface area contributed by atoms with Crippen LogP contribution in [0.15, 0.2) is 25.3 Å². The van der Waals surface area contributed by atoms with Crippen molar-refractivity contribution in [3.05, 3.63) is 25.3 Å². The zero-order valence-corrected chi connectivity index (χ0v) is 7.26. The van der Waals surface area contributed by atoms with Gasteiger partial charge in [-0.1, -0.05) is 25.0 Å². The average molecular weight is 150 g/mol. The molecule has 0 aromatic heterocycles. The zero-order valence-electron chi connectivity index (χ0n) is 7.26. The Labute approximate surface area is 70.0 Å². The third-order valence-electron chi connectivity index (χ3n) is 2.74. The normalized spacial score (nSPS) is 31.3. The van der Waals surface area contributed by atoms with Crippen LogP contribution < -0.4 is 0 Å². The van der Waals surface area contributed by atoms with Crippen molar-refractivity contribution in [2.45, 2.75) is 32.1 Å².